The minimum absolute atomic E-state index is 0.0817. The van der Waals surface area contributed by atoms with Crippen molar-refractivity contribution in [2.24, 2.45) is 0 Å². The molecule has 0 aliphatic carbocycles. The lowest BCUT2D eigenvalue weighted by atomic mass is 10.2. The molecule has 0 unspecified atom stereocenters. The maximum Gasteiger partial charge on any atom is 0.339 e. The Bertz CT molecular complexity index is 622. The summed E-state index contributed by atoms with van der Waals surface area (Å²) in [5.74, 6) is -1.05. The van der Waals surface area contributed by atoms with E-state index >= 15 is 0 Å². The molecule has 5 nitrogen and oxygen atoms in total. The van der Waals surface area contributed by atoms with E-state index in [0.717, 1.165) is 10.2 Å². The van der Waals surface area contributed by atoms with E-state index in [1.165, 1.54) is 12.5 Å². The van der Waals surface area contributed by atoms with E-state index in [9.17, 15) is 4.79 Å². The molecule has 0 bridgehead atoms. The van der Waals surface area contributed by atoms with Crippen LogP contribution in [0.1, 0.15) is 16.1 Å². The Balaban J connectivity index is 2.14. The van der Waals surface area contributed by atoms with Crippen LogP contribution in [0, 0.1) is 0 Å². The van der Waals surface area contributed by atoms with Gasteiger partial charge in [-0.15, -0.1) is 0 Å². The van der Waals surface area contributed by atoms with Crippen LogP contribution in [0.4, 0.5) is 5.69 Å². The van der Waals surface area contributed by atoms with Crippen molar-refractivity contribution in [2.45, 2.75) is 6.54 Å². The van der Waals surface area contributed by atoms with Crippen molar-refractivity contribution < 1.29 is 9.90 Å². The van der Waals surface area contributed by atoms with Gasteiger partial charge in [-0.1, -0.05) is 11.6 Å². The van der Waals surface area contributed by atoms with Gasteiger partial charge in [-0.2, -0.15) is 0 Å². The molecule has 1 aromatic heterocycles. The first-order chi connectivity index (χ1) is 9.08. The van der Waals surface area contributed by atoms with Gasteiger partial charge in [0.25, 0.3) is 0 Å². The Labute approximate surface area is 122 Å². The third-order valence-electron chi connectivity index (χ3n) is 2.40. The van der Waals surface area contributed by atoms with Crippen molar-refractivity contribution in [3.63, 3.8) is 0 Å². The lowest BCUT2D eigenvalue weighted by Crippen LogP contribution is -2.10. The van der Waals surface area contributed by atoms with Crippen LogP contribution in [0.3, 0.4) is 0 Å². The molecule has 0 radical (unpaired) electrons. The molecule has 0 aliphatic rings. The summed E-state index contributed by atoms with van der Waals surface area (Å²) in [6.45, 7) is 0.280. The molecule has 0 saturated carbocycles. The van der Waals surface area contributed by atoms with E-state index in [-0.39, 0.29) is 12.1 Å². The van der Waals surface area contributed by atoms with E-state index in [4.69, 9.17) is 16.7 Å². The molecule has 1 aromatic carbocycles. The molecular weight excluding hydrogens is 334 g/mol. The smallest absolute Gasteiger partial charge is 0.339 e. The zero-order valence-electron chi connectivity index (χ0n) is 9.60. The molecule has 1 heterocycles. The number of nitrogens with one attached hydrogen (secondary N) is 1. The van der Waals surface area contributed by atoms with Crippen molar-refractivity contribution in [3.8, 4) is 0 Å². The van der Waals surface area contributed by atoms with Gasteiger partial charge in [0.05, 0.1) is 17.3 Å². The zero-order chi connectivity index (χ0) is 13.8. The second kappa shape index (κ2) is 5.99. The van der Waals surface area contributed by atoms with Crippen LogP contribution < -0.4 is 5.32 Å². The predicted octanol–water partition coefficient (Wildman–Crippen LogP) is 3.20. The fourth-order valence-electron chi connectivity index (χ4n) is 1.47. The number of carboxylic acids is 1. The first-order valence-corrected chi connectivity index (χ1v) is 6.46. The second-order valence-corrected chi connectivity index (χ2v) is 4.93. The second-order valence-electron chi connectivity index (χ2n) is 3.67. The lowest BCUT2D eigenvalue weighted by molar-refractivity contribution is 0.0694. The first-order valence-electron chi connectivity index (χ1n) is 5.29. The molecular formula is C12H9BrClN3O2. The number of hydrogen-bond acceptors (Lipinski definition) is 4. The van der Waals surface area contributed by atoms with E-state index in [0.29, 0.717) is 10.7 Å². The fourth-order valence-corrected chi connectivity index (χ4v) is 1.89. The van der Waals surface area contributed by atoms with E-state index in [1.807, 2.05) is 12.1 Å². The third-order valence-corrected chi connectivity index (χ3v) is 3.64. The van der Waals surface area contributed by atoms with Crippen LogP contribution in [0.2, 0.25) is 5.02 Å². The summed E-state index contributed by atoms with van der Waals surface area (Å²) in [6, 6.07) is 5.38. The van der Waals surface area contributed by atoms with Gasteiger partial charge in [0.15, 0.2) is 0 Å². The largest absolute Gasteiger partial charge is 0.478 e. The molecule has 0 spiro atoms. The number of halogens is 2. The van der Waals surface area contributed by atoms with Crippen LogP contribution in [0.5, 0.6) is 0 Å². The monoisotopic (exact) mass is 341 g/mol. The summed E-state index contributed by atoms with van der Waals surface area (Å²) < 4.78 is 0.799. The Morgan fingerprint density at radius 2 is 2.26 bits per heavy atom. The van der Waals surface area contributed by atoms with E-state index in [2.05, 4.69) is 31.2 Å². The number of benzene rings is 1. The molecule has 0 aliphatic heterocycles. The third kappa shape index (κ3) is 3.42. The topological polar surface area (TPSA) is 75.1 Å². The van der Waals surface area contributed by atoms with Crippen molar-refractivity contribution in [3.05, 3.63) is 51.5 Å². The Morgan fingerprint density at radius 3 is 2.95 bits per heavy atom. The predicted molar refractivity (Wildman–Crippen MR) is 75.5 cm³/mol. The van der Waals surface area contributed by atoms with Gasteiger partial charge >= 0.3 is 5.97 Å². The summed E-state index contributed by atoms with van der Waals surface area (Å²) in [6.07, 6.45) is 2.60. The molecule has 0 fully saturated rings. The number of aromatic nitrogens is 2. The Kier molecular flexibility index (Phi) is 4.34. The van der Waals surface area contributed by atoms with Crippen LogP contribution in [0.15, 0.2) is 35.2 Å². The maximum absolute atomic E-state index is 11.0. The summed E-state index contributed by atoms with van der Waals surface area (Å²) in [5, 5.41) is 12.6. The SMILES string of the molecule is O=C(O)c1cncnc1CNc1ccc(Br)c(Cl)c1. The van der Waals surface area contributed by atoms with Crippen LogP contribution in [-0.4, -0.2) is 21.0 Å². The average Bonchev–Trinajstić information content (AvgIpc) is 2.40. The van der Waals surface area contributed by atoms with Gasteiger partial charge in [-0.3, -0.25) is 0 Å². The van der Waals surface area contributed by atoms with E-state index < -0.39 is 5.97 Å². The van der Waals surface area contributed by atoms with Crippen molar-refractivity contribution >= 4 is 39.2 Å². The number of nitrogens with zero attached hydrogens (tertiary/aromatic N) is 2. The number of anilines is 1. The molecule has 2 rings (SSSR count). The minimum atomic E-state index is -1.05. The summed E-state index contributed by atoms with van der Waals surface area (Å²) >= 11 is 9.27. The molecule has 0 atom stereocenters. The average molecular weight is 343 g/mol. The van der Waals surface area contributed by atoms with Gasteiger partial charge in [-0.25, -0.2) is 14.8 Å². The highest BCUT2D eigenvalue weighted by Gasteiger charge is 2.11. The molecule has 19 heavy (non-hydrogen) atoms. The van der Waals surface area contributed by atoms with Gasteiger partial charge in [0.1, 0.15) is 11.9 Å². The Morgan fingerprint density at radius 1 is 1.47 bits per heavy atom. The summed E-state index contributed by atoms with van der Waals surface area (Å²) in [4.78, 5) is 18.7. The molecule has 98 valence electrons. The standard InChI is InChI=1S/C12H9BrClN3O2/c13-9-2-1-7(3-10(9)14)16-5-11-8(12(18)19)4-15-6-17-11/h1-4,6,16H,5H2,(H,18,19). The van der Waals surface area contributed by atoms with Crippen LogP contribution in [0.25, 0.3) is 0 Å². The van der Waals surface area contributed by atoms with Gasteiger partial charge in [0.2, 0.25) is 0 Å². The van der Waals surface area contributed by atoms with E-state index in [1.54, 1.807) is 6.07 Å². The van der Waals surface area contributed by atoms with Crippen molar-refractivity contribution in [1.82, 2.24) is 9.97 Å². The van der Waals surface area contributed by atoms with Crippen molar-refractivity contribution in [2.75, 3.05) is 5.32 Å². The van der Waals surface area contributed by atoms with Gasteiger partial charge in [0, 0.05) is 16.4 Å². The number of carbonyl (C=O) groups is 1. The van der Waals surface area contributed by atoms with Crippen LogP contribution >= 0.6 is 27.5 Å². The maximum atomic E-state index is 11.0. The highest BCUT2D eigenvalue weighted by atomic mass is 79.9. The molecule has 7 heteroatoms. The van der Waals surface area contributed by atoms with Crippen molar-refractivity contribution in [1.29, 1.82) is 0 Å². The minimum Gasteiger partial charge on any atom is -0.478 e. The molecule has 2 N–H and O–H groups in total. The molecule has 0 amide bonds. The fraction of sp³-hybridized carbons (Fsp3) is 0.0833. The number of rotatable bonds is 4. The number of carboxylic acid groups (broad SMARTS) is 1. The summed E-state index contributed by atoms with van der Waals surface area (Å²) in [5.41, 5.74) is 1.28. The lowest BCUT2D eigenvalue weighted by Gasteiger charge is -2.08. The normalized spacial score (nSPS) is 10.2. The molecule has 2 aromatic rings. The first kappa shape index (κ1) is 13.8. The summed E-state index contributed by atoms with van der Waals surface area (Å²) in [7, 11) is 0. The number of hydrogen-bond donors (Lipinski definition) is 2. The van der Waals surface area contributed by atoms with Crippen LogP contribution in [-0.2, 0) is 6.54 Å². The van der Waals surface area contributed by atoms with Gasteiger partial charge < -0.3 is 10.4 Å². The Hall–Kier alpha value is -1.66. The number of aromatic carboxylic acids is 1. The highest BCUT2D eigenvalue weighted by Crippen LogP contribution is 2.25. The van der Waals surface area contributed by atoms with Gasteiger partial charge in [-0.05, 0) is 34.1 Å². The quantitative estimate of drug-likeness (QED) is 0.892. The zero-order valence-corrected chi connectivity index (χ0v) is 11.9. The highest BCUT2D eigenvalue weighted by molar-refractivity contribution is 9.10. The molecule has 0 saturated heterocycles.